The highest BCUT2D eigenvalue weighted by Crippen LogP contribution is 2.22. The van der Waals surface area contributed by atoms with Crippen LogP contribution in [0.1, 0.15) is 24.5 Å². The second-order valence-corrected chi connectivity index (χ2v) is 8.07. The third-order valence-corrected chi connectivity index (χ3v) is 5.75. The molecule has 1 amide bonds. The first-order chi connectivity index (χ1) is 13.0. The normalized spacial score (nSPS) is 14.4. The first kappa shape index (κ1) is 19.8. The van der Waals surface area contributed by atoms with Crippen molar-refractivity contribution in [3.05, 3.63) is 64.7 Å². The van der Waals surface area contributed by atoms with Crippen LogP contribution in [0.3, 0.4) is 0 Å². The molecule has 27 heavy (non-hydrogen) atoms. The predicted molar refractivity (Wildman–Crippen MR) is 108 cm³/mol. The van der Waals surface area contributed by atoms with Gasteiger partial charge in [-0.15, -0.1) is 11.8 Å². The maximum absolute atomic E-state index is 12.6. The molecular formula is C21H22ClNO3S. The average molecular weight is 404 g/mol. The topological polar surface area (TPSA) is 46.6 Å². The quantitative estimate of drug-likeness (QED) is 0.531. The molecule has 6 heteroatoms. The molecular weight excluding hydrogens is 382 g/mol. The molecule has 3 rings (SSSR count). The molecule has 0 unspecified atom stereocenters. The fraction of sp³-hybridized carbons (Fsp3) is 0.333. The number of nitrogens with zero attached hydrogens (tertiary/aromatic N) is 1. The monoisotopic (exact) mass is 403 g/mol. The highest BCUT2D eigenvalue weighted by atomic mass is 35.5. The molecule has 142 valence electrons. The van der Waals surface area contributed by atoms with E-state index >= 15 is 0 Å². The Kier molecular flexibility index (Phi) is 6.80. The van der Waals surface area contributed by atoms with Gasteiger partial charge in [0.1, 0.15) is 0 Å². The molecule has 0 aliphatic carbocycles. The minimum absolute atomic E-state index is 0.136. The maximum Gasteiger partial charge on any atom is 0.307 e. The molecule has 4 nitrogen and oxygen atoms in total. The van der Waals surface area contributed by atoms with Crippen LogP contribution in [0, 0.1) is 0 Å². The Morgan fingerprint density at radius 2 is 1.85 bits per heavy atom. The number of rotatable bonds is 6. The van der Waals surface area contributed by atoms with Crippen LogP contribution in [0.25, 0.3) is 0 Å². The zero-order chi connectivity index (χ0) is 19.2. The predicted octanol–water partition coefficient (Wildman–Crippen LogP) is 4.34. The number of thioether (sulfide) groups is 1. The number of carbonyl (C=O) groups excluding carboxylic acids is 2. The minimum atomic E-state index is -0.761. The lowest BCUT2D eigenvalue weighted by Crippen LogP contribution is -2.42. The Morgan fingerprint density at radius 1 is 1.15 bits per heavy atom. The van der Waals surface area contributed by atoms with Gasteiger partial charge >= 0.3 is 5.97 Å². The summed E-state index contributed by atoms with van der Waals surface area (Å²) in [4.78, 5) is 27.5. The summed E-state index contributed by atoms with van der Waals surface area (Å²) in [7, 11) is 0. The van der Waals surface area contributed by atoms with Crippen LogP contribution in [-0.2, 0) is 27.3 Å². The van der Waals surface area contributed by atoms with Gasteiger partial charge in [0, 0.05) is 28.8 Å². The number of hydrogen-bond donors (Lipinski definition) is 0. The average Bonchev–Trinajstić information content (AvgIpc) is 2.68. The van der Waals surface area contributed by atoms with Crippen molar-refractivity contribution in [2.24, 2.45) is 0 Å². The van der Waals surface area contributed by atoms with Gasteiger partial charge in [-0.25, -0.2) is 0 Å². The molecule has 0 radical (unpaired) electrons. The number of carbonyl (C=O) groups is 2. The molecule has 0 saturated heterocycles. The fourth-order valence-corrected chi connectivity index (χ4v) is 3.99. The molecule has 0 bridgehead atoms. The van der Waals surface area contributed by atoms with Gasteiger partial charge in [0.2, 0.25) is 0 Å². The third kappa shape index (κ3) is 5.50. The Morgan fingerprint density at radius 3 is 2.59 bits per heavy atom. The highest BCUT2D eigenvalue weighted by Gasteiger charge is 2.26. The van der Waals surface area contributed by atoms with Crippen LogP contribution < -0.4 is 0 Å². The van der Waals surface area contributed by atoms with Gasteiger partial charge in [0.25, 0.3) is 5.91 Å². The molecule has 0 aromatic heterocycles. The lowest BCUT2D eigenvalue weighted by Gasteiger charge is -2.30. The number of benzene rings is 2. The van der Waals surface area contributed by atoms with Crippen molar-refractivity contribution in [2.75, 3.05) is 12.3 Å². The van der Waals surface area contributed by atoms with E-state index in [1.807, 2.05) is 42.5 Å². The van der Waals surface area contributed by atoms with E-state index in [2.05, 4.69) is 6.07 Å². The number of halogens is 1. The summed E-state index contributed by atoms with van der Waals surface area (Å²) < 4.78 is 5.35. The van der Waals surface area contributed by atoms with Crippen molar-refractivity contribution < 1.29 is 14.3 Å². The molecule has 1 atom stereocenters. The van der Waals surface area contributed by atoms with E-state index < -0.39 is 6.10 Å². The van der Waals surface area contributed by atoms with Crippen LogP contribution in [0.4, 0.5) is 0 Å². The molecule has 0 fully saturated rings. The van der Waals surface area contributed by atoms with Gasteiger partial charge in [-0.3, -0.25) is 9.59 Å². The second kappa shape index (κ2) is 9.29. The number of esters is 1. The van der Waals surface area contributed by atoms with Crippen LogP contribution in [-0.4, -0.2) is 35.2 Å². The first-order valence-electron chi connectivity index (χ1n) is 8.96. The summed E-state index contributed by atoms with van der Waals surface area (Å²) in [6.07, 6.45) is 0.330. The third-order valence-electron chi connectivity index (χ3n) is 4.49. The Labute approximate surface area is 168 Å². The highest BCUT2D eigenvalue weighted by molar-refractivity contribution is 7.99. The lowest BCUT2D eigenvalue weighted by molar-refractivity contribution is -0.159. The number of ether oxygens (including phenoxy) is 1. The minimum Gasteiger partial charge on any atom is -0.453 e. The molecule has 2 aromatic carbocycles. The van der Waals surface area contributed by atoms with Crippen molar-refractivity contribution in [1.82, 2.24) is 4.90 Å². The SMILES string of the molecule is C[C@@H](OC(=O)CCSc1ccc(Cl)cc1)C(=O)N1CCc2ccccc2C1. The molecule has 1 aliphatic heterocycles. The van der Waals surface area contributed by atoms with Gasteiger partial charge in [-0.05, 0) is 48.7 Å². The standard InChI is InChI=1S/C21H22ClNO3S/c1-15(21(25)23-12-10-16-4-2-3-5-17(16)14-23)26-20(24)11-13-27-19-8-6-18(22)7-9-19/h2-9,15H,10-14H2,1H3/t15-/m1/s1. The van der Waals surface area contributed by atoms with E-state index in [-0.39, 0.29) is 18.3 Å². The number of amides is 1. The summed E-state index contributed by atoms with van der Waals surface area (Å²) in [6, 6.07) is 15.6. The zero-order valence-electron chi connectivity index (χ0n) is 15.2. The lowest BCUT2D eigenvalue weighted by atomic mass is 9.99. The molecule has 0 spiro atoms. The van der Waals surface area contributed by atoms with Crippen molar-refractivity contribution in [3.8, 4) is 0 Å². The number of fused-ring (bicyclic) bond motifs is 1. The number of hydrogen-bond acceptors (Lipinski definition) is 4. The van der Waals surface area contributed by atoms with E-state index in [4.69, 9.17) is 16.3 Å². The largest absolute Gasteiger partial charge is 0.453 e. The van der Waals surface area contributed by atoms with Gasteiger partial charge in [0.15, 0.2) is 6.10 Å². The van der Waals surface area contributed by atoms with Crippen LogP contribution in [0.15, 0.2) is 53.4 Å². The summed E-state index contributed by atoms with van der Waals surface area (Å²) >= 11 is 7.41. The fourth-order valence-electron chi connectivity index (χ4n) is 3.03. The van der Waals surface area contributed by atoms with E-state index in [1.165, 1.54) is 5.56 Å². The summed E-state index contributed by atoms with van der Waals surface area (Å²) in [5.74, 6) is 0.108. The van der Waals surface area contributed by atoms with E-state index in [9.17, 15) is 9.59 Å². The summed E-state index contributed by atoms with van der Waals surface area (Å²) in [5.41, 5.74) is 2.44. The Bertz CT molecular complexity index is 809. The van der Waals surface area contributed by atoms with Gasteiger partial charge in [-0.2, -0.15) is 0 Å². The van der Waals surface area contributed by atoms with Gasteiger partial charge in [0.05, 0.1) is 6.42 Å². The first-order valence-corrected chi connectivity index (χ1v) is 10.3. The van der Waals surface area contributed by atoms with Crippen molar-refractivity contribution in [1.29, 1.82) is 0 Å². The molecule has 0 saturated carbocycles. The molecule has 0 N–H and O–H groups in total. The van der Waals surface area contributed by atoms with Crippen molar-refractivity contribution in [2.45, 2.75) is 37.3 Å². The summed E-state index contributed by atoms with van der Waals surface area (Å²) in [6.45, 7) is 2.88. The van der Waals surface area contributed by atoms with Crippen molar-refractivity contribution >= 4 is 35.2 Å². The molecule has 1 aliphatic rings. The van der Waals surface area contributed by atoms with Gasteiger partial charge < -0.3 is 9.64 Å². The Balaban J connectivity index is 1.44. The van der Waals surface area contributed by atoms with Crippen LogP contribution >= 0.6 is 23.4 Å². The van der Waals surface area contributed by atoms with Crippen molar-refractivity contribution in [3.63, 3.8) is 0 Å². The van der Waals surface area contributed by atoms with E-state index in [1.54, 1.807) is 23.6 Å². The molecule has 2 aromatic rings. The Hall–Kier alpha value is -1.98. The zero-order valence-corrected chi connectivity index (χ0v) is 16.8. The molecule has 1 heterocycles. The maximum atomic E-state index is 12.6. The van der Waals surface area contributed by atoms with Crippen LogP contribution in [0.2, 0.25) is 5.02 Å². The second-order valence-electron chi connectivity index (χ2n) is 6.46. The van der Waals surface area contributed by atoms with E-state index in [0.717, 1.165) is 16.9 Å². The van der Waals surface area contributed by atoms with E-state index in [0.29, 0.717) is 23.9 Å². The smallest absolute Gasteiger partial charge is 0.307 e. The van der Waals surface area contributed by atoms with Gasteiger partial charge in [-0.1, -0.05) is 35.9 Å². The summed E-state index contributed by atoms with van der Waals surface area (Å²) in [5, 5.41) is 0.687. The van der Waals surface area contributed by atoms with Crippen LogP contribution in [0.5, 0.6) is 0 Å².